The van der Waals surface area contributed by atoms with Gasteiger partial charge in [-0.1, -0.05) is 56.0 Å². The lowest BCUT2D eigenvalue weighted by molar-refractivity contribution is -0.151. The maximum Gasteiger partial charge on any atom is 0.225 e. The number of aromatic nitrogens is 6. The van der Waals surface area contributed by atoms with Gasteiger partial charge in [0.2, 0.25) is 5.91 Å². The van der Waals surface area contributed by atoms with E-state index in [1.54, 1.807) is 24.0 Å². The summed E-state index contributed by atoms with van der Waals surface area (Å²) in [6.45, 7) is 16.6. The van der Waals surface area contributed by atoms with Gasteiger partial charge in [0.05, 0.1) is 142 Å². The minimum Gasteiger partial charge on any atom is -0.379 e. The molecule has 3 aromatic heterocycles. The quantitative estimate of drug-likeness (QED) is 0.0327. The number of benzene rings is 1. The molecule has 1 saturated heterocycles. The number of Topliss-reactive ketones (excluding diaryl/α,β-unsaturated/α-hetero) is 2. The second-order valence-corrected chi connectivity index (χ2v) is 20.7. The van der Waals surface area contributed by atoms with Gasteiger partial charge in [-0.05, 0) is 74.3 Å². The molecule has 1 saturated carbocycles. The van der Waals surface area contributed by atoms with E-state index in [1.165, 1.54) is 19.3 Å². The first-order valence-electron chi connectivity index (χ1n) is 27.9. The van der Waals surface area contributed by atoms with Gasteiger partial charge < -0.3 is 52.1 Å². The lowest BCUT2D eigenvalue weighted by Crippen LogP contribution is -2.65. The summed E-state index contributed by atoms with van der Waals surface area (Å²) in [5, 5.41) is 8.89. The highest BCUT2D eigenvalue weighted by Crippen LogP contribution is 2.50. The number of unbranched alkanes of at least 4 members (excludes halogenated alkanes) is 2. The molecule has 0 bridgehead atoms. The fourth-order valence-electron chi connectivity index (χ4n) is 10.1. The molecule has 424 valence electrons. The van der Waals surface area contributed by atoms with Crippen molar-refractivity contribution in [1.29, 1.82) is 0 Å². The molecule has 1 unspecified atom stereocenters. The van der Waals surface area contributed by atoms with E-state index in [1.807, 2.05) is 41.4 Å². The molecule has 3 aliphatic rings. The number of amides is 1. The number of carbonyl (C=O) groups excluding carboxylic acids is 3. The highest BCUT2D eigenvalue weighted by Gasteiger charge is 2.58. The number of allylic oxidation sites excluding steroid dienone is 2. The monoisotopic (exact) mass is 1090 g/mol. The average Bonchev–Trinajstić information content (AvgIpc) is 4.21. The van der Waals surface area contributed by atoms with E-state index in [2.05, 4.69) is 33.7 Å². The highest BCUT2D eigenvalue weighted by molar-refractivity contribution is 6.31. The molecule has 20 heteroatoms. The number of imidazole rings is 1. The van der Waals surface area contributed by atoms with Gasteiger partial charge in [0.1, 0.15) is 17.3 Å². The summed E-state index contributed by atoms with van der Waals surface area (Å²) in [6.07, 6.45) is 15.6. The zero-order valence-corrected chi connectivity index (χ0v) is 46.4. The van der Waals surface area contributed by atoms with Gasteiger partial charge in [-0.2, -0.15) is 0 Å². The Balaban J connectivity index is 0.687. The molecule has 2 fully saturated rings. The van der Waals surface area contributed by atoms with Crippen LogP contribution >= 0.6 is 11.6 Å². The Kier molecular flexibility index (Phi) is 25.4. The van der Waals surface area contributed by atoms with Gasteiger partial charge >= 0.3 is 0 Å². The minimum absolute atomic E-state index is 0.0733. The molecule has 1 aliphatic heterocycles. The van der Waals surface area contributed by atoms with Crippen molar-refractivity contribution in [2.24, 2.45) is 17.8 Å². The summed E-state index contributed by atoms with van der Waals surface area (Å²) < 4.78 is 54.3. The fraction of sp³-hybridized carbons (Fsp3) is 0.667. The Morgan fingerprint density at radius 3 is 2.05 bits per heavy atom. The second-order valence-electron chi connectivity index (χ2n) is 20.3. The van der Waals surface area contributed by atoms with Crippen molar-refractivity contribution < 1.29 is 57.0 Å². The van der Waals surface area contributed by atoms with Gasteiger partial charge in [-0.3, -0.25) is 19.4 Å². The first-order chi connectivity index (χ1) is 37.7. The van der Waals surface area contributed by atoms with Crippen molar-refractivity contribution >= 4 is 45.7 Å². The molecule has 77 heavy (non-hydrogen) atoms. The number of rotatable bonds is 41. The van der Waals surface area contributed by atoms with Crippen LogP contribution in [-0.2, 0) is 88.5 Å². The van der Waals surface area contributed by atoms with Crippen molar-refractivity contribution in [3.63, 3.8) is 0 Å². The molecule has 1 aromatic carbocycles. The number of nitrogens with zero attached hydrogens (tertiary/aromatic N) is 7. The van der Waals surface area contributed by atoms with Crippen LogP contribution in [0, 0.1) is 17.8 Å². The summed E-state index contributed by atoms with van der Waals surface area (Å²) in [6, 6.07) is 7.74. The van der Waals surface area contributed by atoms with Crippen LogP contribution in [0.5, 0.6) is 0 Å². The molecule has 4 heterocycles. The maximum absolute atomic E-state index is 14.4. The molecule has 1 atom stereocenters. The number of ketones is 2. The lowest BCUT2D eigenvalue weighted by Gasteiger charge is -2.50. The number of likely N-dealkylation sites (tertiary alicyclic amines) is 1. The number of pyridine rings is 1. The molecular weight excluding hydrogens is 1010 g/mol. The Labute approximate surface area is 458 Å². The van der Waals surface area contributed by atoms with Crippen molar-refractivity contribution in [1.82, 2.24) is 34.4 Å². The normalized spacial score (nSPS) is 17.6. The predicted molar refractivity (Wildman–Crippen MR) is 290 cm³/mol. The van der Waals surface area contributed by atoms with E-state index in [-0.39, 0.29) is 23.4 Å². The summed E-state index contributed by atoms with van der Waals surface area (Å²) in [7, 11) is 0. The topological polar surface area (TPSA) is 199 Å². The van der Waals surface area contributed by atoms with Crippen LogP contribution < -0.4 is 0 Å². The number of ether oxygens (including phenoxy) is 9. The van der Waals surface area contributed by atoms with E-state index in [0.29, 0.717) is 174 Å². The van der Waals surface area contributed by atoms with Crippen molar-refractivity contribution in [3.05, 3.63) is 76.6 Å². The van der Waals surface area contributed by atoms with E-state index < -0.39 is 5.41 Å². The van der Waals surface area contributed by atoms with Crippen LogP contribution in [0.25, 0.3) is 16.6 Å². The number of hydrogen-bond acceptors (Lipinski definition) is 16. The zero-order chi connectivity index (χ0) is 54.1. The Morgan fingerprint density at radius 1 is 0.779 bits per heavy atom. The first kappa shape index (κ1) is 60.1. The number of hydrogen-bond donors (Lipinski definition) is 0. The summed E-state index contributed by atoms with van der Waals surface area (Å²) >= 11 is 6.40. The largest absolute Gasteiger partial charge is 0.379 e. The average molecular weight is 1090 g/mol. The molecule has 0 radical (unpaired) electrons. The molecule has 1 spiro atoms. The maximum atomic E-state index is 14.4. The Hall–Kier alpha value is -4.54. The van der Waals surface area contributed by atoms with Crippen LogP contribution in [0.15, 0.2) is 48.9 Å². The molecule has 4 aromatic rings. The Bertz CT molecular complexity index is 2460. The predicted octanol–water partition coefficient (Wildman–Crippen LogP) is 6.93. The second kappa shape index (κ2) is 32.5. The molecule has 7 rings (SSSR count). The van der Waals surface area contributed by atoms with Crippen molar-refractivity contribution in [3.8, 4) is 0 Å². The van der Waals surface area contributed by atoms with Crippen LogP contribution in [0.1, 0.15) is 94.8 Å². The smallest absolute Gasteiger partial charge is 0.225 e. The van der Waals surface area contributed by atoms with E-state index >= 15 is 0 Å². The van der Waals surface area contributed by atoms with Gasteiger partial charge in [0.15, 0.2) is 5.78 Å². The zero-order valence-electron chi connectivity index (χ0n) is 45.7. The third-order valence-corrected chi connectivity index (χ3v) is 14.8. The molecule has 1 amide bonds. The molecule has 0 N–H and O–H groups in total. The summed E-state index contributed by atoms with van der Waals surface area (Å²) in [5.74, 6) is 2.63. The SMILES string of the molecule is CCCCC(C)C1CC(C(=O)N2CC3(C2)C(=O)/C(=C/Cc2nc4cc(Cl)ccc4n2CCCCOCCOCCOCCOCCOCc2cn(CCOCCOCCOCCOCCC(C)=O)nn2)c2cnccc23)C1. The van der Waals surface area contributed by atoms with Crippen LogP contribution in [0.4, 0.5) is 0 Å². The molecular formula is C57H82ClN7O12. The van der Waals surface area contributed by atoms with Gasteiger partial charge in [-0.25, -0.2) is 9.67 Å². The van der Waals surface area contributed by atoms with Gasteiger partial charge in [-0.15, -0.1) is 5.10 Å². The molecule has 2 aliphatic carbocycles. The van der Waals surface area contributed by atoms with E-state index in [4.69, 9.17) is 59.2 Å². The van der Waals surface area contributed by atoms with Crippen LogP contribution in [0.3, 0.4) is 0 Å². The minimum atomic E-state index is -0.711. The Morgan fingerprint density at radius 2 is 1.40 bits per heavy atom. The van der Waals surface area contributed by atoms with Crippen molar-refractivity contribution in [2.45, 2.75) is 104 Å². The number of aryl methyl sites for hydroxylation is 1. The lowest BCUT2D eigenvalue weighted by atomic mass is 9.66. The third kappa shape index (κ3) is 18.2. The number of fused-ring (bicyclic) bond motifs is 3. The fourth-order valence-corrected chi connectivity index (χ4v) is 10.3. The van der Waals surface area contributed by atoms with Gasteiger partial charge in [0.25, 0.3) is 0 Å². The highest BCUT2D eigenvalue weighted by atomic mass is 35.5. The number of halogens is 1. The van der Waals surface area contributed by atoms with Crippen LogP contribution in [0.2, 0.25) is 5.02 Å². The van der Waals surface area contributed by atoms with E-state index in [9.17, 15) is 14.4 Å². The summed E-state index contributed by atoms with van der Waals surface area (Å²) in [5.41, 5.74) is 4.34. The summed E-state index contributed by atoms with van der Waals surface area (Å²) in [4.78, 5) is 50.1. The third-order valence-electron chi connectivity index (χ3n) is 14.6. The van der Waals surface area contributed by atoms with Crippen LogP contribution in [-0.4, -0.2) is 177 Å². The standard InChI is InChI=1S/C57H82ClN7O12/c1-4-5-8-43(2)45-35-46(36-45)56(68)63-41-57(42-63)51-13-15-59-38-50(51)49(55(57)67)10-12-54-60-52-37-47(58)9-11-53(52)65(54)16-6-7-18-69-21-24-72-27-30-75-31-32-76-33-34-77-40-48-39-64(62-61-48)17-20-71-23-26-74-29-28-73-25-22-70-19-14-44(3)66/h9-11,13,15,37-39,43,45-46H,4-8,12,14,16-36,40-42H2,1-3H3/b49-10+. The van der Waals surface area contributed by atoms with Gasteiger partial charge in [0, 0.05) is 73.6 Å². The number of carbonyl (C=O) groups is 3. The van der Waals surface area contributed by atoms with Crippen molar-refractivity contribution in [2.75, 3.05) is 125 Å². The first-order valence-corrected chi connectivity index (χ1v) is 28.3. The molecule has 19 nitrogen and oxygen atoms in total. The van der Waals surface area contributed by atoms with E-state index in [0.717, 1.165) is 65.9 Å².